The van der Waals surface area contributed by atoms with Gasteiger partial charge in [0.1, 0.15) is 5.82 Å². The molecule has 0 radical (unpaired) electrons. The van der Waals surface area contributed by atoms with E-state index in [1.807, 2.05) is 18.4 Å². The van der Waals surface area contributed by atoms with Crippen molar-refractivity contribution in [2.24, 2.45) is 0 Å². The molecule has 0 aliphatic rings. The van der Waals surface area contributed by atoms with Crippen LogP contribution in [0.1, 0.15) is 37.3 Å². The molecule has 5 heteroatoms. The number of hydrogen-bond donors (Lipinski definition) is 1. The summed E-state index contributed by atoms with van der Waals surface area (Å²) in [4.78, 5) is 4.05. The zero-order valence-corrected chi connectivity index (χ0v) is 11.6. The van der Waals surface area contributed by atoms with Crippen LogP contribution in [0.4, 0.5) is 4.39 Å². The van der Waals surface area contributed by atoms with Gasteiger partial charge in [-0.15, -0.1) is 0 Å². The van der Waals surface area contributed by atoms with E-state index < -0.39 is 11.9 Å². The molecule has 1 heterocycles. The van der Waals surface area contributed by atoms with Gasteiger partial charge in [-0.1, -0.05) is 17.7 Å². The average molecular weight is 283 g/mol. The summed E-state index contributed by atoms with van der Waals surface area (Å²) >= 11 is 5.73. The largest absolute Gasteiger partial charge is 0.386 e. The van der Waals surface area contributed by atoms with E-state index >= 15 is 0 Å². The van der Waals surface area contributed by atoms with Crippen molar-refractivity contribution in [2.75, 3.05) is 0 Å². The van der Waals surface area contributed by atoms with Gasteiger partial charge in [0, 0.05) is 12.5 Å². The van der Waals surface area contributed by atoms with E-state index in [4.69, 9.17) is 11.6 Å². The van der Waals surface area contributed by atoms with Crippen LogP contribution in [-0.4, -0.2) is 14.7 Å². The Morgan fingerprint density at radius 1 is 1.42 bits per heavy atom. The van der Waals surface area contributed by atoms with Crippen LogP contribution in [0.5, 0.6) is 0 Å². The Bertz CT molecular complexity index is 568. The Kier molecular flexibility index (Phi) is 4.22. The van der Waals surface area contributed by atoms with Crippen LogP contribution in [0, 0.1) is 5.82 Å². The first-order chi connectivity index (χ1) is 8.99. The predicted molar refractivity (Wildman–Crippen MR) is 72.7 cm³/mol. The van der Waals surface area contributed by atoms with Crippen LogP contribution >= 0.6 is 11.6 Å². The van der Waals surface area contributed by atoms with Gasteiger partial charge in [-0.25, -0.2) is 9.37 Å². The fourth-order valence-electron chi connectivity index (χ4n) is 2.00. The summed E-state index contributed by atoms with van der Waals surface area (Å²) in [6.45, 7) is 4.04. The summed E-state index contributed by atoms with van der Waals surface area (Å²) in [7, 11) is 0. The first-order valence-electron chi connectivity index (χ1n) is 6.12. The summed E-state index contributed by atoms with van der Waals surface area (Å²) in [5.41, 5.74) is 1.53. The Morgan fingerprint density at radius 3 is 2.79 bits per heavy atom. The molecule has 0 fully saturated rings. The van der Waals surface area contributed by atoms with Crippen LogP contribution in [0.25, 0.3) is 0 Å². The minimum Gasteiger partial charge on any atom is -0.386 e. The molecule has 19 heavy (non-hydrogen) atoms. The highest BCUT2D eigenvalue weighted by molar-refractivity contribution is 6.30. The highest BCUT2D eigenvalue weighted by Gasteiger charge is 2.15. The molecule has 1 atom stereocenters. The molecule has 1 unspecified atom stereocenters. The molecule has 0 bridgehead atoms. The van der Waals surface area contributed by atoms with Gasteiger partial charge in [-0.2, -0.15) is 0 Å². The van der Waals surface area contributed by atoms with Crippen molar-refractivity contribution < 1.29 is 9.50 Å². The van der Waals surface area contributed by atoms with Gasteiger partial charge < -0.3 is 9.67 Å². The number of aliphatic hydroxyl groups excluding tert-OH is 1. The second-order valence-electron chi connectivity index (χ2n) is 4.79. The summed E-state index contributed by atoms with van der Waals surface area (Å²) in [5, 5.41) is 10.3. The molecule has 0 spiro atoms. The van der Waals surface area contributed by atoms with E-state index in [0.717, 1.165) is 11.3 Å². The molecule has 102 valence electrons. The number of aromatic nitrogens is 2. The Labute approximate surface area is 116 Å². The van der Waals surface area contributed by atoms with E-state index in [0.29, 0.717) is 6.42 Å². The SMILES string of the molecule is CC(C)n1cncc1C(O)Cc1ccc(F)c(Cl)c1. The second kappa shape index (κ2) is 5.72. The van der Waals surface area contributed by atoms with Crippen LogP contribution in [0.3, 0.4) is 0 Å². The molecule has 0 aliphatic heterocycles. The van der Waals surface area contributed by atoms with E-state index in [9.17, 15) is 9.50 Å². The lowest BCUT2D eigenvalue weighted by atomic mass is 10.1. The van der Waals surface area contributed by atoms with Crippen molar-refractivity contribution >= 4 is 11.6 Å². The second-order valence-corrected chi connectivity index (χ2v) is 5.20. The smallest absolute Gasteiger partial charge is 0.141 e. The van der Waals surface area contributed by atoms with Crippen molar-refractivity contribution in [2.45, 2.75) is 32.4 Å². The number of rotatable bonds is 4. The first-order valence-corrected chi connectivity index (χ1v) is 6.50. The van der Waals surface area contributed by atoms with Gasteiger partial charge in [0.25, 0.3) is 0 Å². The third-order valence-corrected chi connectivity index (χ3v) is 3.30. The van der Waals surface area contributed by atoms with E-state index in [2.05, 4.69) is 4.98 Å². The number of imidazole rings is 1. The van der Waals surface area contributed by atoms with Crippen LogP contribution in [0.15, 0.2) is 30.7 Å². The number of nitrogens with zero attached hydrogens (tertiary/aromatic N) is 2. The van der Waals surface area contributed by atoms with Crippen molar-refractivity contribution in [3.8, 4) is 0 Å². The lowest BCUT2D eigenvalue weighted by Crippen LogP contribution is -2.11. The molecule has 0 aliphatic carbocycles. The molecular weight excluding hydrogens is 267 g/mol. The fourth-order valence-corrected chi connectivity index (χ4v) is 2.20. The highest BCUT2D eigenvalue weighted by Crippen LogP contribution is 2.23. The number of halogens is 2. The minimum atomic E-state index is -0.688. The maximum absolute atomic E-state index is 13.1. The molecule has 0 saturated heterocycles. The van der Waals surface area contributed by atoms with Crippen LogP contribution in [0.2, 0.25) is 5.02 Å². The topological polar surface area (TPSA) is 38.0 Å². The standard InChI is InChI=1S/C14H16ClFN2O/c1-9(2)18-8-17-7-13(18)14(19)6-10-3-4-12(16)11(15)5-10/h3-5,7-9,14,19H,6H2,1-2H3. The Balaban J connectivity index is 2.18. The van der Waals surface area contributed by atoms with Crippen molar-refractivity contribution in [1.82, 2.24) is 9.55 Å². The average Bonchev–Trinajstić information content (AvgIpc) is 2.83. The van der Waals surface area contributed by atoms with Gasteiger partial charge in [0.05, 0.1) is 29.3 Å². The number of benzene rings is 1. The fraction of sp³-hybridized carbons (Fsp3) is 0.357. The summed E-state index contributed by atoms with van der Waals surface area (Å²) in [6.07, 6.45) is 3.03. The normalized spacial score (nSPS) is 12.9. The zero-order valence-electron chi connectivity index (χ0n) is 10.8. The molecule has 0 amide bonds. The van der Waals surface area contributed by atoms with Crippen molar-refractivity contribution in [3.63, 3.8) is 0 Å². The molecule has 3 nitrogen and oxygen atoms in total. The minimum absolute atomic E-state index is 0.0714. The van der Waals surface area contributed by atoms with Crippen molar-refractivity contribution in [3.05, 3.63) is 52.8 Å². The summed E-state index contributed by atoms with van der Waals surface area (Å²) in [5.74, 6) is -0.452. The number of hydrogen-bond acceptors (Lipinski definition) is 2. The van der Waals surface area contributed by atoms with E-state index in [-0.39, 0.29) is 11.1 Å². The first kappa shape index (κ1) is 14.0. The molecule has 1 N–H and O–H groups in total. The van der Waals surface area contributed by atoms with Gasteiger partial charge >= 0.3 is 0 Å². The van der Waals surface area contributed by atoms with Crippen molar-refractivity contribution in [1.29, 1.82) is 0 Å². The molecule has 2 rings (SSSR count). The molecular formula is C14H16ClFN2O. The lowest BCUT2D eigenvalue weighted by molar-refractivity contribution is 0.167. The van der Waals surface area contributed by atoms with Gasteiger partial charge in [0.2, 0.25) is 0 Å². The summed E-state index contributed by atoms with van der Waals surface area (Å²) < 4.78 is 15.0. The Morgan fingerprint density at radius 2 is 2.16 bits per heavy atom. The molecule has 0 saturated carbocycles. The van der Waals surface area contributed by atoms with Gasteiger partial charge in [-0.3, -0.25) is 0 Å². The van der Waals surface area contributed by atoms with Crippen LogP contribution in [-0.2, 0) is 6.42 Å². The quantitative estimate of drug-likeness (QED) is 0.931. The Hall–Kier alpha value is -1.39. The maximum atomic E-state index is 13.1. The lowest BCUT2D eigenvalue weighted by Gasteiger charge is -2.16. The zero-order chi connectivity index (χ0) is 14.0. The molecule has 1 aromatic heterocycles. The maximum Gasteiger partial charge on any atom is 0.141 e. The number of aliphatic hydroxyl groups is 1. The molecule has 2 aromatic rings. The van der Waals surface area contributed by atoms with E-state index in [1.54, 1.807) is 18.6 Å². The molecule has 1 aromatic carbocycles. The van der Waals surface area contributed by atoms with Crippen LogP contribution < -0.4 is 0 Å². The monoisotopic (exact) mass is 282 g/mol. The van der Waals surface area contributed by atoms with Gasteiger partial charge in [0.15, 0.2) is 0 Å². The third kappa shape index (κ3) is 3.14. The summed E-state index contributed by atoms with van der Waals surface area (Å²) in [6, 6.07) is 4.70. The van der Waals surface area contributed by atoms with Gasteiger partial charge in [-0.05, 0) is 31.5 Å². The van der Waals surface area contributed by atoms with E-state index in [1.165, 1.54) is 12.1 Å². The highest BCUT2D eigenvalue weighted by atomic mass is 35.5. The predicted octanol–water partition coefficient (Wildman–Crippen LogP) is 3.53. The third-order valence-electron chi connectivity index (χ3n) is 3.01.